The second kappa shape index (κ2) is 4.49. The van der Waals surface area contributed by atoms with Crippen LogP contribution in [0.5, 0.6) is 0 Å². The van der Waals surface area contributed by atoms with Gasteiger partial charge in [-0.2, -0.15) is 4.98 Å². The summed E-state index contributed by atoms with van der Waals surface area (Å²) in [6.45, 7) is 1.48. The maximum Gasteiger partial charge on any atom is 0.351 e. The van der Waals surface area contributed by atoms with Crippen molar-refractivity contribution in [3.63, 3.8) is 0 Å². The number of aromatic nitrogens is 2. The first-order chi connectivity index (χ1) is 8.39. The molecule has 8 heteroatoms. The van der Waals surface area contributed by atoms with Crippen molar-refractivity contribution in [1.82, 2.24) is 9.55 Å². The second-order valence-electron chi connectivity index (χ2n) is 4.39. The highest BCUT2D eigenvalue weighted by atomic mass is 35.5. The van der Waals surface area contributed by atoms with Crippen LogP contribution in [0.25, 0.3) is 0 Å². The number of ether oxygens (including phenoxy) is 1. The fraction of sp³-hybridized carbons (Fsp3) is 0.600. The number of nitrogens with two attached hydrogens (primary N) is 1. The Hall–Kier alpha value is -1.18. The number of nitrogens with zero attached hydrogens (tertiary/aromatic N) is 2. The number of aliphatic hydroxyl groups excluding tert-OH is 1. The number of hydrogen-bond acceptors (Lipinski definition) is 5. The van der Waals surface area contributed by atoms with Gasteiger partial charge < -0.3 is 15.6 Å². The van der Waals surface area contributed by atoms with Crippen molar-refractivity contribution in [2.45, 2.75) is 31.0 Å². The lowest BCUT2D eigenvalue weighted by Gasteiger charge is -2.24. The van der Waals surface area contributed by atoms with Crippen LogP contribution in [-0.4, -0.2) is 38.4 Å². The molecule has 0 saturated carbocycles. The molecule has 1 saturated heterocycles. The van der Waals surface area contributed by atoms with E-state index in [0.29, 0.717) is 0 Å². The first-order valence-corrected chi connectivity index (χ1v) is 5.83. The molecule has 1 aliphatic rings. The molecule has 1 fully saturated rings. The van der Waals surface area contributed by atoms with Crippen LogP contribution in [0.2, 0.25) is 0 Å². The van der Waals surface area contributed by atoms with Gasteiger partial charge in [-0.05, 0) is 13.0 Å². The summed E-state index contributed by atoms with van der Waals surface area (Å²) >= 11 is 5.65. The van der Waals surface area contributed by atoms with Gasteiger partial charge in [-0.15, -0.1) is 11.6 Å². The van der Waals surface area contributed by atoms with Gasteiger partial charge in [0.15, 0.2) is 12.4 Å². The van der Waals surface area contributed by atoms with E-state index < -0.39 is 29.8 Å². The van der Waals surface area contributed by atoms with Crippen molar-refractivity contribution < 1.29 is 14.2 Å². The molecule has 18 heavy (non-hydrogen) atoms. The number of hydrogen-bond donors (Lipinski definition) is 2. The van der Waals surface area contributed by atoms with Crippen molar-refractivity contribution in [2.75, 3.05) is 11.6 Å². The Kier molecular flexibility index (Phi) is 3.31. The number of aliphatic hydroxyl groups is 1. The third-order valence-corrected chi connectivity index (χ3v) is 3.51. The molecule has 0 aromatic carbocycles. The quantitative estimate of drug-likeness (QED) is 0.746. The van der Waals surface area contributed by atoms with E-state index in [-0.39, 0.29) is 11.7 Å². The Morgan fingerprint density at radius 3 is 2.94 bits per heavy atom. The van der Waals surface area contributed by atoms with E-state index in [9.17, 15) is 14.3 Å². The van der Waals surface area contributed by atoms with Crippen LogP contribution >= 0.6 is 11.6 Å². The second-order valence-corrected chi connectivity index (χ2v) is 4.65. The number of anilines is 1. The van der Waals surface area contributed by atoms with E-state index in [2.05, 4.69) is 4.98 Å². The first-order valence-electron chi connectivity index (χ1n) is 5.29. The highest BCUT2D eigenvalue weighted by Crippen LogP contribution is 2.38. The zero-order valence-corrected chi connectivity index (χ0v) is 10.3. The molecule has 0 spiro atoms. The highest BCUT2D eigenvalue weighted by Gasteiger charge is 2.52. The molecule has 0 amide bonds. The molecule has 1 aromatic heterocycles. The molecule has 0 unspecified atom stereocenters. The van der Waals surface area contributed by atoms with E-state index in [4.69, 9.17) is 22.1 Å². The van der Waals surface area contributed by atoms with Crippen LogP contribution in [0.15, 0.2) is 17.1 Å². The molecular weight excluding hydrogens is 265 g/mol. The van der Waals surface area contributed by atoms with E-state index in [1.807, 2.05) is 0 Å². The van der Waals surface area contributed by atoms with E-state index in [1.54, 1.807) is 0 Å². The lowest BCUT2D eigenvalue weighted by atomic mass is 10.0. The SMILES string of the molecule is C[C@@]1(CCl)O[C@@H](n2ccc(N)nc2=O)[C@H](F)[C@@H]1O. The molecule has 6 nitrogen and oxygen atoms in total. The topological polar surface area (TPSA) is 90.4 Å². The average Bonchev–Trinajstić information content (AvgIpc) is 2.55. The molecule has 100 valence electrons. The fourth-order valence-corrected chi connectivity index (χ4v) is 2.06. The maximum absolute atomic E-state index is 14.0. The molecule has 0 radical (unpaired) electrons. The molecule has 1 aromatic rings. The summed E-state index contributed by atoms with van der Waals surface area (Å²) in [6.07, 6.45) is -3.17. The molecule has 0 aliphatic carbocycles. The van der Waals surface area contributed by atoms with Gasteiger partial charge in [-0.1, -0.05) is 0 Å². The summed E-state index contributed by atoms with van der Waals surface area (Å²) in [4.78, 5) is 15.1. The average molecular weight is 278 g/mol. The number of rotatable bonds is 2. The summed E-state index contributed by atoms with van der Waals surface area (Å²) < 4.78 is 20.3. The molecule has 1 aliphatic heterocycles. The summed E-state index contributed by atoms with van der Waals surface area (Å²) in [5.41, 5.74) is 3.35. The van der Waals surface area contributed by atoms with Crippen LogP contribution in [-0.2, 0) is 4.74 Å². The van der Waals surface area contributed by atoms with Gasteiger partial charge in [0, 0.05) is 6.20 Å². The Bertz CT molecular complexity index is 511. The predicted molar refractivity (Wildman–Crippen MR) is 63.1 cm³/mol. The van der Waals surface area contributed by atoms with Crippen LogP contribution in [0.1, 0.15) is 13.2 Å². The van der Waals surface area contributed by atoms with Crippen molar-refractivity contribution in [3.05, 3.63) is 22.7 Å². The minimum absolute atomic E-state index is 0.0327. The maximum atomic E-state index is 14.0. The lowest BCUT2D eigenvalue weighted by molar-refractivity contribution is -0.0787. The minimum Gasteiger partial charge on any atom is -0.387 e. The zero-order chi connectivity index (χ0) is 13.5. The molecular formula is C10H13ClFN3O3. The van der Waals surface area contributed by atoms with Crippen molar-refractivity contribution in [1.29, 1.82) is 0 Å². The Morgan fingerprint density at radius 2 is 2.44 bits per heavy atom. The first kappa shape index (κ1) is 13.3. The zero-order valence-electron chi connectivity index (χ0n) is 9.59. The van der Waals surface area contributed by atoms with Gasteiger partial charge in [0.2, 0.25) is 0 Å². The summed E-state index contributed by atoms with van der Waals surface area (Å²) in [6, 6.07) is 1.35. The van der Waals surface area contributed by atoms with Crippen LogP contribution in [0.3, 0.4) is 0 Å². The van der Waals surface area contributed by atoms with Crippen molar-refractivity contribution in [3.8, 4) is 0 Å². The van der Waals surface area contributed by atoms with Crippen LogP contribution in [0.4, 0.5) is 10.2 Å². The van der Waals surface area contributed by atoms with Gasteiger partial charge in [0.05, 0.1) is 5.88 Å². The Balaban J connectivity index is 2.38. The third kappa shape index (κ3) is 1.98. The summed E-state index contributed by atoms with van der Waals surface area (Å²) in [5.74, 6) is -0.0623. The van der Waals surface area contributed by atoms with Gasteiger partial charge >= 0.3 is 5.69 Å². The summed E-state index contributed by atoms with van der Waals surface area (Å²) in [7, 11) is 0. The molecule has 2 heterocycles. The van der Waals surface area contributed by atoms with Crippen LogP contribution in [0, 0.1) is 0 Å². The fourth-order valence-electron chi connectivity index (χ4n) is 1.84. The number of halogens is 2. The molecule has 4 atom stereocenters. The van der Waals surface area contributed by atoms with Gasteiger partial charge in [-0.25, -0.2) is 9.18 Å². The normalized spacial score (nSPS) is 35.9. The van der Waals surface area contributed by atoms with Gasteiger partial charge in [-0.3, -0.25) is 4.57 Å². The number of nitrogen functional groups attached to an aromatic ring is 1. The van der Waals surface area contributed by atoms with Gasteiger partial charge in [0.1, 0.15) is 17.5 Å². The van der Waals surface area contributed by atoms with Crippen molar-refractivity contribution in [2.24, 2.45) is 0 Å². The predicted octanol–water partition coefficient (Wildman–Crippen LogP) is 0.0508. The smallest absolute Gasteiger partial charge is 0.351 e. The standard InChI is InChI=1S/C10H13ClFN3O3/c1-10(4-11)7(16)6(12)8(18-10)15-3-2-5(13)14-9(15)17/h2-3,6-8,16H,4H2,1H3,(H2,13,14,17)/t6-,7+,8-,10+/m1/s1. The Labute approximate surface area is 107 Å². The largest absolute Gasteiger partial charge is 0.387 e. The van der Waals surface area contributed by atoms with Crippen molar-refractivity contribution >= 4 is 17.4 Å². The summed E-state index contributed by atoms with van der Waals surface area (Å²) in [5, 5.41) is 9.75. The van der Waals surface area contributed by atoms with E-state index in [0.717, 1.165) is 4.57 Å². The lowest BCUT2D eigenvalue weighted by Crippen LogP contribution is -2.40. The van der Waals surface area contributed by atoms with E-state index >= 15 is 0 Å². The highest BCUT2D eigenvalue weighted by molar-refractivity contribution is 6.18. The molecule has 0 bridgehead atoms. The molecule has 2 rings (SSSR count). The third-order valence-electron chi connectivity index (χ3n) is 2.98. The van der Waals surface area contributed by atoms with Crippen LogP contribution < -0.4 is 11.4 Å². The van der Waals surface area contributed by atoms with Gasteiger partial charge in [0.25, 0.3) is 0 Å². The molecule has 3 N–H and O–H groups in total. The monoisotopic (exact) mass is 277 g/mol. The number of alkyl halides is 2. The minimum atomic E-state index is -1.77. The Morgan fingerprint density at radius 1 is 1.78 bits per heavy atom. The van der Waals surface area contributed by atoms with E-state index in [1.165, 1.54) is 19.2 Å².